The molecular formula is C35H40N8OS. The number of hydrogen-bond acceptors (Lipinski definition) is 8. The number of anilines is 2. The Bertz CT molecular complexity index is 1740. The lowest BCUT2D eigenvalue weighted by Crippen LogP contribution is -2.59. The molecule has 9 nitrogen and oxygen atoms in total. The maximum absolute atomic E-state index is 13.1. The maximum Gasteiger partial charge on any atom is 0.229 e. The zero-order chi connectivity index (χ0) is 30.7. The predicted octanol–water partition coefficient (Wildman–Crippen LogP) is 4.32. The number of piperazine rings is 1. The van der Waals surface area contributed by atoms with Gasteiger partial charge in [0.15, 0.2) is 5.82 Å². The van der Waals surface area contributed by atoms with E-state index in [0.29, 0.717) is 18.4 Å². The average molecular weight is 621 g/mol. The first-order chi connectivity index (χ1) is 21.9. The molecule has 0 radical (unpaired) electrons. The van der Waals surface area contributed by atoms with E-state index in [-0.39, 0.29) is 5.92 Å². The van der Waals surface area contributed by atoms with Crippen molar-refractivity contribution in [2.45, 2.75) is 27.3 Å². The fourth-order valence-electron chi connectivity index (χ4n) is 7.27. The van der Waals surface area contributed by atoms with Gasteiger partial charge in [0.25, 0.3) is 0 Å². The van der Waals surface area contributed by atoms with Gasteiger partial charge in [-0.3, -0.25) is 19.3 Å². The minimum Gasteiger partial charge on any atom is -0.371 e. The zero-order valence-corrected chi connectivity index (χ0v) is 27.1. The van der Waals surface area contributed by atoms with Crippen LogP contribution in [0.1, 0.15) is 33.2 Å². The zero-order valence-electron chi connectivity index (χ0n) is 26.3. The Hall–Kier alpha value is -4.02. The van der Waals surface area contributed by atoms with Gasteiger partial charge in [-0.25, -0.2) is 0 Å². The van der Waals surface area contributed by atoms with E-state index in [9.17, 15) is 4.79 Å². The van der Waals surface area contributed by atoms with Gasteiger partial charge in [-0.15, -0.1) is 21.5 Å². The number of para-hydroxylation sites is 1. The molecule has 0 aliphatic carbocycles. The highest BCUT2D eigenvalue weighted by atomic mass is 32.1. The van der Waals surface area contributed by atoms with Crippen LogP contribution in [-0.2, 0) is 11.3 Å². The van der Waals surface area contributed by atoms with Gasteiger partial charge in [0.1, 0.15) is 17.4 Å². The maximum atomic E-state index is 13.1. The molecule has 2 aromatic carbocycles. The number of hydrogen-bond donors (Lipinski definition) is 0. The SMILES string of the molecule is Cc1sc2c(c1C)C(c1ccc(N3CC(CN4CCN(C(=O)C5CN(c6ccccc6)C5)CC4)C3)cc1)=NCc1nnc(C)n1-2. The molecule has 0 saturated carbocycles. The van der Waals surface area contributed by atoms with Crippen LogP contribution in [0.4, 0.5) is 11.4 Å². The molecule has 0 N–H and O–H groups in total. The summed E-state index contributed by atoms with van der Waals surface area (Å²) in [5, 5.41) is 9.91. The van der Waals surface area contributed by atoms with E-state index >= 15 is 0 Å². The third-order valence-electron chi connectivity index (χ3n) is 10.1. The fourth-order valence-corrected chi connectivity index (χ4v) is 8.49. The molecule has 3 fully saturated rings. The van der Waals surface area contributed by atoms with E-state index in [1.54, 1.807) is 11.3 Å². The van der Waals surface area contributed by atoms with Crippen molar-refractivity contribution >= 4 is 34.3 Å². The van der Waals surface area contributed by atoms with Gasteiger partial charge < -0.3 is 14.7 Å². The summed E-state index contributed by atoms with van der Waals surface area (Å²) < 4.78 is 2.18. The van der Waals surface area contributed by atoms with Crippen molar-refractivity contribution in [1.29, 1.82) is 0 Å². The Labute approximate surface area is 268 Å². The van der Waals surface area contributed by atoms with Gasteiger partial charge >= 0.3 is 0 Å². The summed E-state index contributed by atoms with van der Waals surface area (Å²) in [6.07, 6.45) is 0. The second-order valence-electron chi connectivity index (χ2n) is 13.0. The highest BCUT2D eigenvalue weighted by Gasteiger charge is 2.37. The summed E-state index contributed by atoms with van der Waals surface area (Å²) in [6.45, 7) is 15.5. The molecule has 0 bridgehead atoms. The number of rotatable bonds is 6. The molecule has 4 aliphatic rings. The lowest BCUT2D eigenvalue weighted by atomic mass is 9.96. The number of fused-ring (bicyclic) bond motifs is 3. The van der Waals surface area contributed by atoms with Crippen LogP contribution in [0.25, 0.3) is 5.00 Å². The second kappa shape index (κ2) is 11.4. The fraction of sp³-hybridized carbons (Fsp3) is 0.429. The summed E-state index contributed by atoms with van der Waals surface area (Å²) in [5.41, 5.74) is 7.18. The van der Waals surface area contributed by atoms with Gasteiger partial charge in [-0.1, -0.05) is 30.3 Å². The Morgan fingerprint density at radius 3 is 2.27 bits per heavy atom. The lowest BCUT2D eigenvalue weighted by Gasteiger charge is -2.46. The van der Waals surface area contributed by atoms with Crippen molar-refractivity contribution in [3.63, 3.8) is 0 Å². The average Bonchev–Trinajstić information content (AvgIpc) is 3.47. The number of aryl methyl sites for hydroxylation is 2. The second-order valence-corrected chi connectivity index (χ2v) is 14.2. The van der Waals surface area contributed by atoms with Gasteiger partial charge in [-0.2, -0.15) is 0 Å². The third-order valence-corrected chi connectivity index (χ3v) is 11.3. The largest absolute Gasteiger partial charge is 0.371 e. The standard InChI is InChI=1S/C35H40N8OS/c1-23-24(2)45-35-32(23)33(36-17-31-38-37-25(3)43(31)35)27-9-11-30(12-10-27)41-19-26(20-41)18-39-13-15-40(16-14-39)34(44)28-21-42(22-28)29-7-5-4-6-8-29/h4-12,26,28H,13-22H2,1-3H3. The Morgan fingerprint density at radius 2 is 1.53 bits per heavy atom. The van der Waals surface area contributed by atoms with Crippen molar-refractivity contribution < 1.29 is 4.79 Å². The topological polar surface area (TPSA) is 73.1 Å². The predicted molar refractivity (Wildman–Crippen MR) is 180 cm³/mol. The number of nitrogens with zero attached hydrogens (tertiary/aromatic N) is 8. The van der Waals surface area contributed by atoms with E-state index < -0.39 is 0 Å². The molecule has 8 rings (SSSR count). The molecule has 4 aromatic rings. The van der Waals surface area contributed by atoms with Crippen molar-refractivity contribution in [2.75, 3.05) is 68.7 Å². The summed E-state index contributed by atoms with van der Waals surface area (Å²) in [7, 11) is 0. The summed E-state index contributed by atoms with van der Waals surface area (Å²) in [4.78, 5) is 28.9. The minimum atomic E-state index is 0.142. The van der Waals surface area contributed by atoms with Crippen LogP contribution in [-0.4, -0.2) is 95.1 Å². The molecule has 10 heteroatoms. The molecule has 0 atom stereocenters. The van der Waals surface area contributed by atoms with Crippen LogP contribution in [0.5, 0.6) is 0 Å². The Balaban J connectivity index is 0.834. The molecular weight excluding hydrogens is 581 g/mol. The molecule has 232 valence electrons. The molecule has 6 heterocycles. The Morgan fingerprint density at radius 1 is 0.844 bits per heavy atom. The minimum absolute atomic E-state index is 0.142. The number of aromatic nitrogens is 3. The van der Waals surface area contributed by atoms with E-state index in [1.807, 2.05) is 13.0 Å². The molecule has 4 aliphatic heterocycles. The van der Waals surface area contributed by atoms with Crippen molar-refractivity contribution in [3.8, 4) is 5.00 Å². The van der Waals surface area contributed by atoms with Crippen LogP contribution in [0.15, 0.2) is 59.6 Å². The number of amides is 1. The van der Waals surface area contributed by atoms with E-state index in [2.05, 4.69) is 96.7 Å². The normalized spacial score (nSPS) is 19.0. The number of carbonyl (C=O) groups excluding carboxylic acids is 1. The third kappa shape index (κ3) is 5.13. The van der Waals surface area contributed by atoms with Crippen molar-refractivity contribution in [2.24, 2.45) is 16.8 Å². The van der Waals surface area contributed by atoms with Gasteiger partial charge in [0.05, 0.1) is 11.6 Å². The van der Waals surface area contributed by atoms with Crippen LogP contribution >= 0.6 is 11.3 Å². The van der Waals surface area contributed by atoms with Crippen LogP contribution in [0.3, 0.4) is 0 Å². The Kier molecular flexibility index (Phi) is 7.21. The molecule has 2 aromatic heterocycles. The lowest BCUT2D eigenvalue weighted by molar-refractivity contribution is -0.138. The molecule has 0 unspecified atom stereocenters. The van der Waals surface area contributed by atoms with E-state index in [1.165, 1.54) is 32.4 Å². The summed E-state index contributed by atoms with van der Waals surface area (Å²) in [5.74, 6) is 2.96. The quantitative estimate of drug-likeness (QED) is 0.320. The summed E-state index contributed by atoms with van der Waals surface area (Å²) in [6, 6.07) is 19.4. The molecule has 3 saturated heterocycles. The first kappa shape index (κ1) is 28.5. The number of carbonyl (C=O) groups is 1. The molecule has 1 amide bonds. The van der Waals surface area contributed by atoms with E-state index in [0.717, 1.165) is 81.8 Å². The highest BCUT2D eigenvalue weighted by Crippen LogP contribution is 2.37. The van der Waals surface area contributed by atoms with Gasteiger partial charge in [0.2, 0.25) is 5.91 Å². The van der Waals surface area contributed by atoms with Crippen LogP contribution in [0.2, 0.25) is 0 Å². The first-order valence-corrected chi connectivity index (χ1v) is 17.0. The monoisotopic (exact) mass is 620 g/mol. The molecule has 45 heavy (non-hydrogen) atoms. The van der Waals surface area contributed by atoms with Gasteiger partial charge in [0, 0.05) is 92.2 Å². The number of benzene rings is 2. The van der Waals surface area contributed by atoms with Crippen LogP contribution in [0, 0.1) is 32.6 Å². The van der Waals surface area contributed by atoms with Crippen molar-refractivity contribution in [1.82, 2.24) is 24.6 Å². The van der Waals surface area contributed by atoms with E-state index in [4.69, 9.17) is 4.99 Å². The number of aliphatic imine (C=N–C) groups is 1. The highest BCUT2D eigenvalue weighted by molar-refractivity contribution is 7.15. The van der Waals surface area contributed by atoms with Gasteiger partial charge in [-0.05, 0) is 50.6 Å². The molecule has 0 spiro atoms. The van der Waals surface area contributed by atoms with Crippen LogP contribution < -0.4 is 9.80 Å². The summed E-state index contributed by atoms with van der Waals surface area (Å²) >= 11 is 1.80. The number of thiophene rings is 1. The smallest absolute Gasteiger partial charge is 0.229 e. The van der Waals surface area contributed by atoms with Crippen molar-refractivity contribution in [3.05, 3.63) is 87.8 Å². The first-order valence-electron chi connectivity index (χ1n) is 16.2.